The molecular weight excluding hydrogens is 410 g/mol. The van der Waals surface area contributed by atoms with Crippen LogP contribution in [-0.2, 0) is 0 Å². The molecule has 1 saturated heterocycles. The monoisotopic (exact) mass is 457 g/mol. The molecule has 0 bridgehead atoms. The quantitative estimate of drug-likeness (QED) is 0.544. The molecule has 0 aromatic carbocycles. The molecule has 0 amide bonds. The van der Waals surface area contributed by atoms with E-state index >= 15 is 0 Å². The van der Waals surface area contributed by atoms with Gasteiger partial charge in [-0.05, 0) is 98.6 Å². The molecule has 4 rings (SSSR count). The van der Waals surface area contributed by atoms with Crippen molar-refractivity contribution in [3.05, 3.63) is 35.5 Å². The summed E-state index contributed by atoms with van der Waals surface area (Å²) in [7, 11) is 0. The number of hydrogen-bond acceptors (Lipinski definition) is 4. The lowest BCUT2D eigenvalue weighted by Crippen LogP contribution is -2.50. The fourth-order valence-corrected chi connectivity index (χ4v) is 7.86. The highest BCUT2D eigenvalue weighted by Gasteiger charge is 2.51. The number of allylic oxidation sites excluding steroid dienone is 3. The Hall–Kier alpha value is -0.940. The van der Waals surface area contributed by atoms with E-state index in [2.05, 4.69) is 44.4 Å². The summed E-state index contributed by atoms with van der Waals surface area (Å²) in [6.07, 6.45) is 13.6. The zero-order chi connectivity index (χ0) is 23.8. The van der Waals surface area contributed by atoms with Gasteiger partial charge in [-0.1, -0.05) is 45.1 Å². The summed E-state index contributed by atoms with van der Waals surface area (Å²) >= 11 is 0. The molecule has 1 heterocycles. The van der Waals surface area contributed by atoms with Crippen LogP contribution in [0.5, 0.6) is 0 Å². The van der Waals surface area contributed by atoms with E-state index in [1.807, 2.05) is 0 Å². The molecule has 3 aliphatic carbocycles. The third-order valence-electron chi connectivity index (χ3n) is 9.83. The van der Waals surface area contributed by atoms with Crippen LogP contribution in [0.15, 0.2) is 35.5 Å². The number of piperidine rings is 1. The first-order chi connectivity index (χ1) is 15.6. The van der Waals surface area contributed by atoms with E-state index in [1.165, 1.54) is 32.1 Å². The summed E-state index contributed by atoms with van der Waals surface area (Å²) < 4.78 is 0. The summed E-state index contributed by atoms with van der Waals surface area (Å²) in [5, 5.41) is 31.1. The predicted molar refractivity (Wildman–Crippen MR) is 135 cm³/mol. The molecule has 2 unspecified atom stereocenters. The normalized spacial score (nSPS) is 43.8. The summed E-state index contributed by atoms with van der Waals surface area (Å²) in [5.74, 6) is 2.00. The molecule has 0 spiro atoms. The SMILES string of the molecule is C=C1/C(=C\C=C2/CCC[C@]3(C)[C@@H](C(C)CN4CCCC(O)(CC)C4)CC[C@@H]23)C[C@@H](O)C[C@@H]1O. The molecule has 3 saturated carbocycles. The van der Waals surface area contributed by atoms with Crippen molar-refractivity contribution in [2.24, 2.45) is 23.2 Å². The molecule has 4 fully saturated rings. The lowest BCUT2D eigenvalue weighted by atomic mass is 9.61. The van der Waals surface area contributed by atoms with Crippen LogP contribution < -0.4 is 0 Å². The van der Waals surface area contributed by atoms with Crippen molar-refractivity contribution in [2.75, 3.05) is 19.6 Å². The second-order valence-corrected chi connectivity index (χ2v) is 12.1. The van der Waals surface area contributed by atoms with Crippen LogP contribution >= 0.6 is 0 Å². The number of nitrogens with zero attached hydrogens (tertiary/aromatic N) is 1. The summed E-state index contributed by atoms with van der Waals surface area (Å²) in [6.45, 7) is 14.3. The van der Waals surface area contributed by atoms with Gasteiger partial charge in [-0.25, -0.2) is 0 Å². The van der Waals surface area contributed by atoms with Crippen molar-refractivity contribution in [3.63, 3.8) is 0 Å². The molecule has 186 valence electrons. The van der Waals surface area contributed by atoms with Gasteiger partial charge in [-0.3, -0.25) is 0 Å². The van der Waals surface area contributed by atoms with Gasteiger partial charge in [0.05, 0.1) is 17.8 Å². The lowest BCUT2D eigenvalue weighted by molar-refractivity contribution is -0.0420. The Labute approximate surface area is 201 Å². The van der Waals surface area contributed by atoms with Gasteiger partial charge in [0.1, 0.15) is 0 Å². The first-order valence-electron chi connectivity index (χ1n) is 13.5. The van der Waals surface area contributed by atoms with Crippen molar-refractivity contribution < 1.29 is 15.3 Å². The molecule has 0 aromatic heterocycles. The Morgan fingerprint density at radius 2 is 1.97 bits per heavy atom. The molecule has 4 heteroatoms. The van der Waals surface area contributed by atoms with Crippen molar-refractivity contribution in [2.45, 2.75) is 103 Å². The first-order valence-corrected chi connectivity index (χ1v) is 13.5. The fraction of sp³-hybridized carbons (Fsp3) is 0.793. The van der Waals surface area contributed by atoms with Crippen LogP contribution in [0.3, 0.4) is 0 Å². The zero-order valence-electron chi connectivity index (χ0n) is 21.2. The van der Waals surface area contributed by atoms with Gasteiger partial charge < -0.3 is 20.2 Å². The standard InChI is InChI=1S/C29H47NO3/c1-5-29(33)14-7-15-30(19-29)18-20(2)25-11-12-26-22(8-6-13-28(25,26)4)9-10-23-16-24(31)17-27(32)21(23)3/h9-10,20,24-27,31-33H,3,5-8,11-19H2,1-2,4H3/b22-9+,23-10-/t20?,24-,25-,26+,27+,28-,29?/m1/s1. The number of β-amino-alcohol motifs (C(OH)–C–C–N with tert-alkyl or cyclic N) is 1. The minimum absolute atomic E-state index is 0.349. The average molecular weight is 458 g/mol. The van der Waals surface area contributed by atoms with Crippen molar-refractivity contribution in [3.8, 4) is 0 Å². The Morgan fingerprint density at radius 3 is 2.73 bits per heavy atom. The van der Waals surface area contributed by atoms with Crippen LogP contribution in [0, 0.1) is 23.2 Å². The molecule has 7 atom stereocenters. The van der Waals surface area contributed by atoms with Gasteiger partial charge in [0, 0.05) is 19.5 Å². The molecule has 1 aliphatic heterocycles. The summed E-state index contributed by atoms with van der Waals surface area (Å²) in [4.78, 5) is 2.53. The van der Waals surface area contributed by atoms with Gasteiger partial charge >= 0.3 is 0 Å². The van der Waals surface area contributed by atoms with E-state index in [4.69, 9.17) is 0 Å². The Balaban J connectivity index is 1.45. The van der Waals surface area contributed by atoms with E-state index < -0.39 is 17.8 Å². The highest BCUT2D eigenvalue weighted by molar-refractivity contribution is 5.38. The Bertz CT molecular complexity index is 788. The second-order valence-electron chi connectivity index (χ2n) is 12.1. The van der Waals surface area contributed by atoms with E-state index in [-0.39, 0.29) is 0 Å². The van der Waals surface area contributed by atoms with Crippen LogP contribution in [0.2, 0.25) is 0 Å². The second kappa shape index (κ2) is 9.97. The molecule has 4 nitrogen and oxygen atoms in total. The third-order valence-corrected chi connectivity index (χ3v) is 9.83. The number of fused-ring (bicyclic) bond motifs is 1. The van der Waals surface area contributed by atoms with E-state index in [1.54, 1.807) is 5.57 Å². The average Bonchev–Trinajstić information content (AvgIpc) is 3.13. The highest BCUT2D eigenvalue weighted by atomic mass is 16.3. The van der Waals surface area contributed by atoms with Crippen LogP contribution in [-0.4, -0.2) is 57.7 Å². The van der Waals surface area contributed by atoms with Crippen molar-refractivity contribution in [1.29, 1.82) is 0 Å². The van der Waals surface area contributed by atoms with Gasteiger partial charge in [0.15, 0.2) is 0 Å². The van der Waals surface area contributed by atoms with Gasteiger partial charge in [-0.15, -0.1) is 0 Å². The van der Waals surface area contributed by atoms with E-state index in [0.29, 0.717) is 30.1 Å². The number of aliphatic hydroxyl groups excluding tert-OH is 2. The molecule has 33 heavy (non-hydrogen) atoms. The molecule has 0 aromatic rings. The molecular formula is C29H47NO3. The molecule has 3 N–H and O–H groups in total. The van der Waals surface area contributed by atoms with Crippen LogP contribution in [0.4, 0.5) is 0 Å². The minimum atomic E-state index is -0.619. The number of rotatable bonds is 5. The third kappa shape index (κ3) is 5.19. The Kier molecular flexibility index (Phi) is 7.60. The highest BCUT2D eigenvalue weighted by Crippen LogP contribution is 2.59. The number of likely N-dealkylation sites (tertiary alicyclic amines) is 1. The first kappa shape index (κ1) is 25.2. The lowest BCUT2D eigenvalue weighted by Gasteiger charge is -2.46. The van der Waals surface area contributed by atoms with Crippen molar-refractivity contribution in [1.82, 2.24) is 4.90 Å². The van der Waals surface area contributed by atoms with Gasteiger partial charge in [-0.2, -0.15) is 0 Å². The number of aliphatic hydroxyl groups is 3. The topological polar surface area (TPSA) is 63.9 Å². The van der Waals surface area contributed by atoms with Crippen molar-refractivity contribution >= 4 is 0 Å². The summed E-state index contributed by atoms with van der Waals surface area (Å²) in [6, 6.07) is 0. The van der Waals surface area contributed by atoms with Crippen LogP contribution in [0.25, 0.3) is 0 Å². The largest absolute Gasteiger partial charge is 0.393 e. The zero-order valence-corrected chi connectivity index (χ0v) is 21.2. The fourth-order valence-electron chi connectivity index (χ4n) is 7.86. The van der Waals surface area contributed by atoms with E-state index in [0.717, 1.165) is 56.0 Å². The maximum atomic E-state index is 10.8. The number of hydrogen-bond donors (Lipinski definition) is 3. The Morgan fingerprint density at radius 1 is 1.18 bits per heavy atom. The maximum Gasteiger partial charge on any atom is 0.0811 e. The van der Waals surface area contributed by atoms with Crippen LogP contribution in [0.1, 0.15) is 85.0 Å². The maximum absolute atomic E-state index is 10.8. The van der Waals surface area contributed by atoms with Gasteiger partial charge in [0.25, 0.3) is 0 Å². The smallest absolute Gasteiger partial charge is 0.0811 e. The van der Waals surface area contributed by atoms with Gasteiger partial charge in [0.2, 0.25) is 0 Å². The molecule has 0 radical (unpaired) electrons. The minimum Gasteiger partial charge on any atom is -0.393 e. The predicted octanol–water partition coefficient (Wildman–Crippen LogP) is 5.00. The molecule has 4 aliphatic rings. The summed E-state index contributed by atoms with van der Waals surface area (Å²) in [5.41, 5.74) is 3.21. The van der Waals surface area contributed by atoms with E-state index in [9.17, 15) is 15.3 Å².